The van der Waals surface area contributed by atoms with Crippen LogP contribution < -0.4 is 16.2 Å². The van der Waals surface area contributed by atoms with Crippen molar-refractivity contribution in [2.24, 2.45) is 5.73 Å². The van der Waals surface area contributed by atoms with Crippen LogP contribution in [0.4, 0.5) is 14.6 Å². The summed E-state index contributed by atoms with van der Waals surface area (Å²) in [5.41, 5.74) is 12.5. The summed E-state index contributed by atoms with van der Waals surface area (Å²) in [6.07, 6.45) is 2.29. The zero-order chi connectivity index (χ0) is 18.5. The third-order valence-corrected chi connectivity index (χ3v) is 4.25. The minimum absolute atomic E-state index is 0.000142. The number of hydrogen-bond acceptors (Lipinski definition) is 4. The molecule has 0 aliphatic carbocycles. The molecular weight excluding hydrogens is 330 g/mol. The smallest absolute Gasteiger partial charge is 0.253 e. The molecule has 0 unspecified atom stereocenters. The van der Waals surface area contributed by atoms with Crippen LogP contribution in [-0.4, -0.2) is 22.6 Å². The number of nitrogens with two attached hydrogens (primary N) is 2. The number of fused-ring (bicyclic) bond motifs is 1. The highest BCUT2D eigenvalue weighted by Crippen LogP contribution is 2.38. The number of hydrogen-bond donors (Lipinski definition) is 2. The maximum atomic E-state index is 14.5. The third kappa shape index (κ3) is 2.29. The number of methoxy groups -OCH3 is 1. The monoisotopic (exact) mass is 346 g/mol. The topological polar surface area (TPSA) is 96.2 Å². The molecule has 0 aliphatic heterocycles. The molecule has 6 nitrogen and oxygen atoms in total. The summed E-state index contributed by atoms with van der Waals surface area (Å²) in [6.45, 7) is 3.22. The lowest BCUT2D eigenvalue weighted by atomic mass is 10.1. The van der Waals surface area contributed by atoms with Gasteiger partial charge in [-0.3, -0.25) is 14.3 Å². The summed E-state index contributed by atoms with van der Waals surface area (Å²) >= 11 is 0. The first-order chi connectivity index (χ1) is 11.8. The molecular formula is C17H16F2N4O2. The normalized spacial score (nSPS) is 11.1. The van der Waals surface area contributed by atoms with Crippen LogP contribution in [0, 0.1) is 25.5 Å². The number of anilines is 1. The zero-order valence-corrected chi connectivity index (χ0v) is 13.9. The van der Waals surface area contributed by atoms with Crippen molar-refractivity contribution in [3.8, 4) is 11.4 Å². The van der Waals surface area contributed by atoms with Crippen LogP contribution in [0.5, 0.6) is 5.75 Å². The van der Waals surface area contributed by atoms with Gasteiger partial charge in [0.2, 0.25) is 0 Å². The van der Waals surface area contributed by atoms with Gasteiger partial charge in [0, 0.05) is 28.8 Å². The summed E-state index contributed by atoms with van der Waals surface area (Å²) in [7, 11) is 1.40. The summed E-state index contributed by atoms with van der Waals surface area (Å²) in [4.78, 5) is 15.6. The number of carbonyl (C=O) groups excluding carboxylic acids is 1. The number of aromatic nitrogens is 2. The Morgan fingerprint density at radius 3 is 2.48 bits per heavy atom. The van der Waals surface area contributed by atoms with Gasteiger partial charge in [0.05, 0.1) is 30.1 Å². The molecule has 4 N–H and O–H groups in total. The van der Waals surface area contributed by atoms with E-state index in [-0.39, 0.29) is 39.3 Å². The van der Waals surface area contributed by atoms with Crippen molar-refractivity contribution in [2.75, 3.05) is 12.8 Å². The largest absolute Gasteiger partial charge is 0.496 e. The fourth-order valence-electron chi connectivity index (χ4n) is 3.09. The van der Waals surface area contributed by atoms with Crippen molar-refractivity contribution in [1.82, 2.24) is 9.55 Å². The van der Waals surface area contributed by atoms with Gasteiger partial charge in [-0.1, -0.05) is 0 Å². The van der Waals surface area contributed by atoms with Crippen LogP contribution in [-0.2, 0) is 0 Å². The highest BCUT2D eigenvalue weighted by molar-refractivity contribution is 6.11. The van der Waals surface area contributed by atoms with Gasteiger partial charge in [-0.15, -0.1) is 0 Å². The van der Waals surface area contributed by atoms with Gasteiger partial charge >= 0.3 is 0 Å². The van der Waals surface area contributed by atoms with E-state index < -0.39 is 17.5 Å². The van der Waals surface area contributed by atoms with Crippen molar-refractivity contribution in [2.45, 2.75) is 13.8 Å². The number of nitrogen functional groups attached to an aromatic ring is 1. The maximum absolute atomic E-state index is 14.5. The van der Waals surface area contributed by atoms with Crippen molar-refractivity contribution in [3.63, 3.8) is 0 Å². The maximum Gasteiger partial charge on any atom is 0.253 e. The Hall–Kier alpha value is -3.16. The van der Waals surface area contributed by atoms with E-state index in [2.05, 4.69) is 4.98 Å². The average Bonchev–Trinajstić information content (AvgIpc) is 2.85. The Morgan fingerprint density at radius 2 is 1.88 bits per heavy atom. The van der Waals surface area contributed by atoms with Gasteiger partial charge in [0.25, 0.3) is 5.91 Å². The lowest BCUT2D eigenvalue weighted by Gasteiger charge is -2.18. The first-order valence-electron chi connectivity index (χ1n) is 7.36. The van der Waals surface area contributed by atoms with Gasteiger partial charge in [-0.05, 0) is 13.8 Å². The van der Waals surface area contributed by atoms with Crippen molar-refractivity contribution in [3.05, 3.63) is 46.8 Å². The molecule has 0 saturated heterocycles. The SMILES string of the molecule is COc1cc(F)c(C)c(-n2c(N)c(C(N)=O)c3cncc(F)c32)c1C. The molecule has 0 bridgehead atoms. The zero-order valence-electron chi connectivity index (χ0n) is 13.9. The molecule has 3 rings (SSSR count). The standard InChI is InChI=1S/C17H16F2N4O2/c1-7-10(18)4-12(25-3)8(2)14(7)23-15-9(5-22-6-11(15)19)13(16(23)20)17(21)24/h4-6H,20H2,1-3H3,(H2,21,24). The number of primary amides is 1. The first-order valence-corrected chi connectivity index (χ1v) is 7.36. The van der Waals surface area contributed by atoms with Crippen LogP contribution in [0.2, 0.25) is 0 Å². The minimum atomic E-state index is -0.827. The van der Waals surface area contributed by atoms with E-state index in [4.69, 9.17) is 16.2 Å². The Balaban J connectivity index is 2.57. The fourth-order valence-corrected chi connectivity index (χ4v) is 3.09. The van der Waals surface area contributed by atoms with Crippen LogP contribution in [0.1, 0.15) is 21.5 Å². The van der Waals surface area contributed by atoms with Gasteiger partial charge < -0.3 is 16.2 Å². The lowest BCUT2D eigenvalue weighted by Crippen LogP contribution is -2.14. The van der Waals surface area contributed by atoms with Gasteiger partial charge in [-0.2, -0.15) is 0 Å². The second-order valence-electron chi connectivity index (χ2n) is 5.64. The molecule has 8 heteroatoms. The quantitative estimate of drug-likeness (QED) is 0.762. The molecule has 2 heterocycles. The number of pyridine rings is 1. The molecule has 130 valence electrons. The lowest BCUT2D eigenvalue weighted by molar-refractivity contribution is 0.100. The number of rotatable bonds is 3. The number of halogens is 2. The molecule has 3 aromatic rings. The van der Waals surface area contributed by atoms with Crippen LogP contribution >= 0.6 is 0 Å². The highest BCUT2D eigenvalue weighted by atomic mass is 19.1. The average molecular weight is 346 g/mol. The number of amides is 1. The predicted molar refractivity (Wildman–Crippen MR) is 89.9 cm³/mol. The molecule has 2 aromatic heterocycles. The first kappa shape index (κ1) is 16.7. The Morgan fingerprint density at radius 1 is 1.20 bits per heavy atom. The molecule has 1 aromatic carbocycles. The van der Waals surface area contributed by atoms with Gasteiger partial charge in [-0.25, -0.2) is 8.78 Å². The minimum Gasteiger partial charge on any atom is -0.496 e. The Labute approximate surface area is 142 Å². The molecule has 0 atom stereocenters. The fraction of sp³-hybridized carbons (Fsp3) is 0.176. The molecule has 0 aliphatic rings. The van der Waals surface area contributed by atoms with E-state index in [1.165, 1.54) is 30.9 Å². The number of benzene rings is 1. The van der Waals surface area contributed by atoms with Crippen molar-refractivity contribution >= 4 is 22.6 Å². The third-order valence-electron chi connectivity index (χ3n) is 4.25. The summed E-state index contributed by atoms with van der Waals surface area (Å²) in [6, 6.07) is 1.24. The Kier molecular flexibility index (Phi) is 3.82. The number of ether oxygens (including phenoxy) is 1. The predicted octanol–water partition coefficient (Wildman–Crippen LogP) is 2.61. The Bertz CT molecular complexity index is 1030. The van der Waals surface area contributed by atoms with E-state index in [0.29, 0.717) is 5.56 Å². The molecule has 0 fully saturated rings. The van der Waals surface area contributed by atoms with Crippen LogP contribution in [0.15, 0.2) is 18.5 Å². The van der Waals surface area contributed by atoms with E-state index >= 15 is 0 Å². The summed E-state index contributed by atoms with van der Waals surface area (Å²) < 4.78 is 35.3. The van der Waals surface area contributed by atoms with Gasteiger partial charge in [0.1, 0.15) is 17.4 Å². The van der Waals surface area contributed by atoms with Gasteiger partial charge in [0.15, 0.2) is 5.82 Å². The van der Waals surface area contributed by atoms with Crippen molar-refractivity contribution in [1.29, 1.82) is 0 Å². The summed E-state index contributed by atoms with van der Waals surface area (Å²) in [5, 5.41) is 0.159. The van der Waals surface area contributed by atoms with Crippen LogP contribution in [0.3, 0.4) is 0 Å². The second kappa shape index (κ2) is 5.73. The van der Waals surface area contributed by atoms with E-state index in [1.807, 2.05) is 0 Å². The van der Waals surface area contributed by atoms with Crippen molar-refractivity contribution < 1.29 is 18.3 Å². The molecule has 0 spiro atoms. The molecule has 1 amide bonds. The van der Waals surface area contributed by atoms with E-state index in [1.54, 1.807) is 6.92 Å². The van der Waals surface area contributed by atoms with Crippen LogP contribution in [0.25, 0.3) is 16.6 Å². The highest BCUT2D eigenvalue weighted by Gasteiger charge is 2.26. The second-order valence-corrected chi connectivity index (χ2v) is 5.64. The van der Waals surface area contributed by atoms with E-state index in [9.17, 15) is 13.6 Å². The number of nitrogens with zero attached hydrogens (tertiary/aromatic N) is 2. The molecule has 0 radical (unpaired) electrons. The summed E-state index contributed by atoms with van der Waals surface area (Å²) in [5.74, 6) is -1.90. The van der Waals surface area contributed by atoms with E-state index in [0.717, 1.165) is 6.20 Å². The molecule has 25 heavy (non-hydrogen) atoms. The molecule has 0 saturated carbocycles. The number of carbonyl (C=O) groups is 1.